The van der Waals surface area contributed by atoms with Gasteiger partial charge in [0, 0.05) is 34.5 Å². The Hall–Kier alpha value is -3.19. The lowest BCUT2D eigenvalue weighted by molar-refractivity contribution is -0.0790. The molecule has 3 rings (SSSR count). The third-order valence-electron chi connectivity index (χ3n) is 4.61. The van der Waals surface area contributed by atoms with E-state index in [1.807, 2.05) is 6.07 Å². The van der Waals surface area contributed by atoms with Gasteiger partial charge in [-0.3, -0.25) is 9.78 Å². The molecule has 156 valence electrons. The Kier molecular flexibility index (Phi) is 5.67. The molecule has 0 aliphatic heterocycles. The van der Waals surface area contributed by atoms with Crippen LogP contribution in [0.5, 0.6) is 0 Å². The average Bonchev–Trinajstić information content (AvgIpc) is 2.64. The normalized spacial score (nSPS) is 12.5. The Morgan fingerprint density at radius 1 is 1.10 bits per heavy atom. The summed E-state index contributed by atoms with van der Waals surface area (Å²) < 4.78 is 36.9. The molecule has 2 N–H and O–H groups in total. The fourth-order valence-corrected chi connectivity index (χ4v) is 2.97. The largest absolute Gasteiger partial charge is 0.409 e. The number of rotatable bonds is 4. The number of anilines is 1. The number of hydrogen-bond donors (Lipinski definition) is 2. The Balaban J connectivity index is 1.80. The summed E-state index contributed by atoms with van der Waals surface area (Å²) in [4.78, 5) is 17.0. The lowest BCUT2D eigenvalue weighted by Gasteiger charge is -2.17. The smallest absolute Gasteiger partial charge is 0.386 e. The number of aryl methyl sites for hydroxylation is 1. The van der Waals surface area contributed by atoms with E-state index < -0.39 is 11.8 Å². The van der Waals surface area contributed by atoms with Gasteiger partial charge in [-0.05, 0) is 56.2 Å². The van der Waals surface area contributed by atoms with Crippen molar-refractivity contribution in [3.05, 3.63) is 77.0 Å². The van der Waals surface area contributed by atoms with E-state index in [0.717, 1.165) is 11.5 Å². The number of fused-ring (bicyclic) bond motifs is 1. The van der Waals surface area contributed by atoms with Crippen LogP contribution in [-0.4, -0.2) is 22.2 Å². The Bertz CT molecular complexity index is 1130. The number of aliphatic hydroxyl groups is 1. The lowest BCUT2D eigenvalue weighted by atomic mass is 9.99. The molecule has 30 heavy (non-hydrogen) atoms. The first-order valence-corrected chi connectivity index (χ1v) is 9.23. The summed E-state index contributed by atoms with van der Waals surface area (Å²) in [5.41, 5.74) is 2.16. The molecule has 4 nitrogen and oxygen atoms in total. The molecule has 0 spiro atoms. The Labute approximate surface area is 172 Å². The molecule has 0 aliphatic carbocycles. The maximum Gasteiger partial charge on any atom is 0.409 e. The minimum atomic E-state index is -4.39. The van der Waals surface area contributed by atoms with Crippen LogP contribution in [0.2, 0.25) is 0 Å². The molecule has 7 heteroatoms. The van der Waals surface area contributed by atoms with Crippen LogP contribution < -0.4 is 5.32 Å². The van der Waals surface area contributed by atoms with Crippen LogP contribution in [0.3, 0.4) is 0 Å². The molecule has 1 amide bonds. The van der Waals surface area contributed by atoms with Crippen molar-refractivity contribution in [3.8, 4) is 0 Å². The zero-order chi connectivity index (χ0) is 22.1. The highest BCUT2D eigenvalue weighted by Gasteiger charge is 2.22. The second kappa shape index (κ2) is 7.91. The number of aromatic nitrogens is 1. The minimum Gasteiger partial charge on any atom is -0.386 e. The zero-order valence-electron chi connectivity index (χ0n) is 16.7. The number of carbonyl (C=O) groups excluding carboxylic acids is 1. The second-order valence-corrected chi connectivity index (χ2v) is 7.59. The molecule has 0 atom stereocenters. The molecule has 0 bridgehead atoms. The molecule has 0 saturated heterocycles. The molecule has 0 fully saturated rings. The number of allylic oxidation sites excluding steroid dienone is 1. The standard InChI is InChI=1S/C23H21F3N2O2/c1-14-10-15(8-9-23(24,25)26)4-7-19(14)21(29)28-18-6-5-16-11-17(22(2,3)30)13-27-20(16)12-18/h4-13,30H,1-3H3,(H,28,29)/b9-8+. The molecule has 0 radical (unpaired) electrons. The highest BCUT2D eigenvalue weighted by atomic mass is 19.4. The monoisotopic (exact) mass is 414 g/mol. The predicted molar refractivity (Wildman–Crippen MR) is 111 cm³/mol. The second-order valence-electron chi connectivity index (χ2n) is 7.59. The first-order valence-electron chi connectivity index (χ1n) is 9.23. The molecule has 1 heterocycles. The van der Waals surface area contributed by atoms with E-state index in [1.54, 1.807) is 45.2 Å². The van der Waals surface area contributed by atoms with Crippen LogP contribution in [0, 0.1) is 6.92 Å². The highest BCUT2D eigenvalue weighted by Crippen LogP contribution is 2.25. The number of pyridine rings is 1. The van der Waals surface area contributed by atoms with E-state index in [9.17, 15) is 23.1 Å². The number of alkyl halides is 3. The van der Waals surface area contributed by atoms with Gasteiger partial charge < -0.3 is 10.4 Å². The van der Waals surface area contributed by atoms with Gasteiger partial charge in [0.1, 0.15) is 0 Å². The van der Waals surface area contributed by atoms with Crippen LogP contribution in [0.25, 0.3) is 17.0 Å². The molecule has 0 aliphatic rings. The van der Waals surface area contributed by atoms with E-state index >= 15 is 0 Å². The number of nitrogens with zero attached hydrogens (tertiary/aromatic N) is 1. The number of nitrogens with one attached hydrogen (secondary N) is 1. The van der Waals surface area contributed by atoms with Crippen molar-refractivity contribution in [1.29, 1.82) is 0 Å². The van der Waals surface area contributed by atoms with Crippen molar-refractivity contribution < 1.29 is 23.1 Å². The van der Waals surface area contributed by atoms with Gasteiger partial charge in [0.15, 0.2) is 0 Å². The molecular weight excluding hydrogens is 393 g/mol. The van der Waals surface area contributed by atoms with Crippen molar-refractivity contribution >= 4 is 28.6 Å². The summed E-state index contributed by atoms with van der Waals surface area (Å²) in [5, 5.41) is 13.7. The van der Waals surface area contributed by atoms with E-state index in [1.165, 1.54) is 18.2 Å². The summed E-state index contributed by atoms with van der Waals surface area (Å²) in [6, 6.07) is 11.6. The topological polar surface area (TPSA) is 62.2 Å². The summed E-state index contributed by atoms with van der Waals surface area (Å²) in [7, 11) is 0. The number of hydrogen-bond acceptors (Lipinski definition) is 3. The first-order chi connectivity index (χ1) is 13.9. The quantitative estimate of drug-likeness (QED) is 0.584. The van der Waals surface area contributed by atoms with Gasteiger partial charge >= 0.3 is 6.18 Å². The van der Waals surface area contributed by atoms with Gasteiger partial charge in [-0.25, -0.2) is 0 Å². The van der Waals surface area contributed by atoms with E-state index in [0.29, 0.717) is 33.5 Å². The summed E-state index contributed by atoms with van der Waals surface area (Å²) in [6.07, 6.45) is -1.68. The van der Waals surface area contributed by atoms with Crippen molar-refractivity contribution in [2.75, 3.05) is 5.32 Å². The molecule has 2 aromatic carbocycles. The summed E-state index contributed by atoms with van der Waals surface area (Å²) >= 11 is 0. The maximum absolute atomic E-state index is 12.6. The van der Waals surface area contributed by atoms with Gasteiger partial charge in [-0.1, -0.05) is 24.3 Å². The molecule has 0 unspecified atom stereocenters. The summed E-state index contributed by atoms with van der Waals surface area (Å²) in [5.74, 6) is -0.369. The van der Waals surface area contributed by atoms with Crippen LogP contribution in [0.4, 0.5) is 18.9 Å². The zero-order valence-corrected chi connectivity index (χ0v) is 16.7. The first kappa shape index (κ1) is 21.5. The lowest BCUT2D eigenvalue weighted by Crippen LogP contribution is -2.15. The number of halogens is 3. The molecule has 0 saturated carbocycles. The van der Waals surface area contributed by atoms with Gasteiger partial charge in [-0.2, -0.15) is 13.2 Å². The van der Waals surface area contributed by atoms with E-state index in [-0.39, 0.29) is 12.0 Å². The molecular formula is C23H21F3N2O2. The fourth-order valence-electron chi connectivity index (χ4n) is 2.97. The van der Waals surface area contributed by atoms with Gasteiger partial charge in [0.05, 0.1) is 11.1 Å². The van der Waals surface area contributed by atoms with Crippen LogP contribution in [-0.2, 0) is 5.60 Å². The van der Waals surface area contributed by atoms with Crippen LogP contribution in [0.15, 0.2) is 54.7 Å². The third-order valence-corrected chi connectivity index (χ3v) is 4.61. The molecule has 1 aromatic heterocycles. The Morgan fingerprint density at radius 3 is 2.47 bits per heavy atom. The van der Waals surface area contributed by atoms with E-state index in [4.69, 9.17) is 0 Å². The highest BCUT2D eigenvalue weighted by molar-refractivity contribution is 6.06. The van der Waals surface area contributed by atoms with Gasteiger partial charge in [-0.15, -0.1) is 0 Å². The van der Waals surface area contributed by atoms with Crippen molar-refractivity contribution in [3.63, 3.8) is 0 Å². The third kappa shape index (κ3) is 5.24. The van der Waals surface area contributed by atoms with Gasteiger partial charge in [0.2, 0.25) is 0 Å². The van der Waals surface area contributed by atoms with E-state index in [2.05, 4.69) is 10.3 Å². The van der Waals surface area contributed by atoms with Crippen LogP contribution in [0.1, 0.15) is 40.9 Å². The number of benzene rings is 2. The molecule has 3 aromatic rings. The minimum absolute atomic E-state index is 0.160. The average molecular weight is 414 g/mol. The van der Waals surface area contributed by atoms with Crippen molar-refractivity contribution in [2.45, 2.75) is 32.5 Å². The predicted octanol–water partition coefficient (Wildman–Crippen LogP) is 5.60. The number of carbonyl (C=O) groups is 1. The van der Waals surface area contributed by atoms with Crippen molar-refractivity contribution in [1.82, 2.24) is 4.98 Å². The maximum atomic E-state index is 12.6. The SMILES string of the molecule is Cc1cc(/C=C/C(F)(F)F)ccc1C(=O)Nc1ccc2cc(C(C)(C)O)cnc2c1. The van der Waals surface area contributed by atoms with Gasteiger partial charge in [0.25, 0.3) is 5.91 Å². The van der Waals surface area contributed by atoms with Crippen LogP contribution >= 0.6 is 0 Å². The number of amides is 1. The van der Waals surface area contributed by atoms with Crippen molar-refractivity contribution in [2.24, 2.45) is 0 Å². The Morgan fingerprint density at radius 2 is 1.83 bits per heavy atom. The summed E-state index contributed by atoms with van der Waals surface area (Å²) in [6.45, 7) is 5.02. The fraction of sp³-hybridized carbons (Fsp3) is 0.217.